The van der Waals surface area contributed by atoms with Crippen LogP contribution in [0.25, 0.3) is 0 Å². The van der Waals surface area contributed by atoms with E-state index in [9.17, 15) is 13.5 Å². The smallest absolute Gasteiger partial charge is 0.138 e. The van der Waals surface area contributed by atoms with Crippen LogP contribution in [0.4, 0.5) is 0 Å². The fourth-order valence-electron chi connectivity index (χ4n) is 1.32. The Kier molecular flexibility index (Phi) is 3.06. The third-order valence-electron chi connectivity index (χ3n) is 1.75. The van der Waals surface area contributed by atoms with Gasteiger partial charge in [0, 0.05) is 33.1 Å². The minimum absolute atomic E-state index is 0.564. The van der Waals surface area contributed by atoms with Gasteiger partial charge < -0.3 is 5.11 Å². The predicted octanol–water partition coefficient (Wildman–Crippen LogP) is -0.0155. The number of aliphatic hydroxyl groups is 1. The Hall–Kier alpha value is 0.260. The summed E-state index contributed by atoms with van der Waals surface area (Å²) in [5.41, 5.74) is -1.09. The molecule has 0 aliphatic carbocycles. The second-order valence-corrected chi connectivity index (χ2v) is 7.09. The molecule has 1 N–H and O–H groups in total. The van der Waals surface area contributed by atoms with E-state index in [1.165, 1.54) is 0 Å². The lowest BCUT2D eigenvalue weighted by atomic mass is 10.2. The van der Waals surface area contributed by atoms with Gasteiger partial charge in [-0.1, -0.05) is 0 Å². The fraction of sp³-hybridized carbons (Fsp3) is 1.00. The van der Waals surface area contributed by atoms with Crippen molar-refractivity contribution in [1.29, 1.82) is 0 Å². The lowest BCUT2D eigenvalue weighted by Gasteiger charge is -2.30. The summed E-state index contributed by atoms with van der Waals surface area (Å²) >= 11 is 0. The molecule has 1 aliphatic heterocycles. The van der Waals surface area contributed by atoms with Gasteiger partial charge in [-0.05, 0) is 20.3 Å². The van der Waals surface area contributed by atoms with E-state index >= 15 is 0 Å². The number of hydrogen-bond acceptors (Lipinski definition) is 3. The Labute approximate surface area is 77.5 Å². The number of hydrogen-bond donors (Lipinski definition) is 1. The van der Waals surface area contributed by atoms with Crippen LogP contribution in [-0.4, -0.2) is 35.2 Å². The van der Waals surface area contributed by atoms with Crippen molar-refractivity contribution in [2.75, 3.05) is 11.5 Å². The van der Waals surface area contributed by atoms with Crippen molar-refractivity contribution in [2.24, 2.45) is 0 Å². The SMILES string of the molecule is CC(C)(O)C1S(=O)CCCS1=O. The summed E-state index contributed by atoms with van der Waals surface area (Å²) in [7, 11) is -2.26. The molecule has 1 aliphatic rings. The van der Waals surface area contributed by atoms with E-state index in [-0.39, 0.29) is 0 Å². The van der Waals surface area contributed by atoms with Gasteiger partial charge in [-0.3, -0.25) is 8.42 Å². The molecule has 5 heteroatoms. The minimum Gasteiger partial charge on any atom is -0.388 e. The van der Waals surface area contributed by atoms with Gasteiger partial charge in [0.25, 0.3) is 0 Å². The molecule has 72 valence electrons. The topological polar surface area (TPSA) is 54.4 Å². The largest absolute Gasteiger partial charge is 0.388 e. The third kappa shape index (κ3) is 2.14. The van der Waals surface area contributed by atoms with Crippen LogP contribution in [0.15, 0.2) is 0 Å². The van der Waals surface area contributed by atoms with E-state index in [0.29, 0.717) is 11.5 Å². The van der Waals surface area contributed by atoms with Crippen LogP contribution < -0.4 is 0 Å². The molecule has 0 aromatic rings. The van der Waals surface area contributed by atoms with E-state index in [1.807, 2.05) is 0 Å². The van der Waals surface area contributed by atoms with Crippen LogP contribution >= 0.6 is 0 Å². The summed E-state index contributed by atoms with van der Waals surface area (Å²) in [6.45, 7) is 3.14. The van der Waals surface area contributed by atoms with Crippen LogP contribution in [-0.2, 0) is 21.6 Å². The standard InChI is InChI=1S/C7H14O3S2/c1-7(2,8)6-11(9)4-3-5-12(6)10/h6,8H,3-5H2,1-2H3. The summed E-state index contributed by atoms with van der Waals surface area (Å²) in [5.74, 6) is 1.14. The normalized spacial score (nSPS) is 38.1. The van der Waals surface area contributed by atoms with E-state index in [2.05, 4.69) is 0 Å². The molecule has 2 atom stereocenters. The van der Waals surface area contributed by atoms with Crippen molar-refractivity contribution >= 4 is 21.6 Å². The quantitative estimate of drug-likeness (QED) is 0.662. The Morgan fingerprint density at radius 1 is 1.25 bits per heavy atom. The molecular formula is C7H14O3S2. The molecule has 2 unspecified atom stereocenters. The molecule has 1 rings (SSSR count). The van der Waals surface area contributed by atoms with Gasteiger partial charge >= 0.3 is 0 Å². The van der Waals surface area contributed by atoms with Gasteiger partial charge in [0.1, 0.15) is 4.58 Å². The highest BCUT2D eigenvalue weighted by molar-refractivity contribution is 8.03. The average molecular weight is 210 g/mol. The average Bonchev–Trinajstić information content (AvgIpc) is 1.82. The van der Waals surface area contributed by atoms with Gasteiger partial charge in [-0.2, -0.15) is 0 Å². The molecule has 0 aromatic carbocycles. The maximum Gasteiger partial charge on any atom is 0.138 e. The highest BCUT2D eigenvalue weighted by Gasteiger charge is 2.39. The lowest BCUT2D eigenvalue weighted by Crippen LogP contribution is -2.46. The fourth-order valence-corrected chi connectivity index (χ4v) is 5.61. The van der Waals surface area contributed by atoms with Gasteiger partial charge in [0.2, 0.25) is 0 Å². The Bertz CT molecular complexity index is 203. The van der Waals surface area contributed by atoms with Crippen LogP contribution in [0.5, 0.6) is 0 Å². The van der Waals surface area contributed by atoms with Crippen molar-refractivity contribution in [3.8, 4) is 0 Å². The molecule has 1 fully saturated rings. The Morgan fingerprint density at radius 3 is 1.92 bits per heavy atom. The van der Waals surface area contributed by atoms with Crippen molar-refractivity contribution < 1.29 is 13.5 Å². The summed E-state index contributed by atoms with van der Waals surface area (Å²) in [5, 5.41) is 9.60. The third-order valence-corrected chi connectivity index (χ3v) is 6.52. The van der Waals surface area contributed by atoms with E-state index < -0.39 is 31.8 Å². The second kappa shape index (κ2) is 3.55. The van der Waals surface area contributed by atoms with Gasteiger partial charge in [-0.25, -0.2) is 0 Å². The zero-order valence-electron chi connectivity index (χ0n) is 7.28. The molecule has 3 nitrogen and oxygen atoms in total. The Balaban J connectivity index is 2.84. The van der Waals surface area contributed by atoms with Gasteiger partial charge in [0.05, 0.1) is 5.60 Å². The van der Waals surface area contributed by atoms with E-state index in [1.54, 1.807) is 13.8 Å². The zero-order valence-corrected chi connectivity index (χ0v) is 8.91. The minimum atomic E-state index is -1.13. The highest BCUT2D eigenvalue weighted by Crippen LogP contribution is 2.23. The summed E-state index contributed by atoms with van der Waals surface area (Å²) in [6, 6.07) is 0. The molecule has 0 saturated carbocycles. The zero-order chi connectivity index (χ0) is 9.35. The predicted molar refractivity (Wildman–Crippen MR) is 50.7 cm³/mol. The van der Waals surface area contributed by atoms with Crippen LogP contribution in [0, 0.1) is 0 Å². The van der Waals surface area contributed by atoms with Crippen LogP contribution in [0.3, 0.4) is 0 Å². The van der Waals surface area contributed by atoms with Crippen molar-refractivity contribution in [3.05, 3.63) is 0 Å². The molecule has 0 radical (unpaired) electrons. The molecule has 1 saturated heterocycles. The first kappa shape index (κ1) is 10.3. The molecule has 0 spiro atoms. The Morgan fingerprint density at radius 2 is 1.67 bits per heavy atom. The molecule has 0 aromatic heterocycles. The first-order valence-corrected chi connectivity index (χ1v) is 6.66. The van der Waals surface area contributed by atoms with E-state index in [4.69, 9.17) is 0 Å². The maximum absolute atomic E-state index is 11.4. The second-order valence-electron chi connectivity index (χ2n) is 3.51. The first-order chi connectivity index (χ1) is 5.43. The number of rotatable bonds is 1. The lowest BCUT2D eigenvalue weighted by molar-refractivity contribution is 0.0961. The van der Waals surface area contributed by atoms with E-state index in [0.717, 1.165) is 6.42 Å². The highest BCUT2D eigenvalue weighted by atomic mass is 32.2. The molecule has 12 heavy (non-hydrogen) atoms. The molecule has 1 heterocycles. The summed E-state index contributed by atoms with van der Waals surface area (Å²) in [4.78, 5) is 0. The van der Waals surface area contributed by atoms with Crippen LogP contribution in [0.2, 0.25) is 0 Å². The molecule has 0 bridgehead atoms. The van der Waals surface area contributed by atoms with Gasteiger partial charge in [0.15, 0.2) is 0 Å². The molecule has 0 amide bonds. The van der Waals surface area contributed by atoms with Gasteiger partial charge in [-0.15, -0.1) is 0 Å². The van der Waals surface area contributed by atoms with Crippen molar-refractivity contribution in [2.45, 2.75) is 30.5 Å². The van der Waals surface area contributed by atoms with Crippen molar-refractivity contribution in [3.63, 3.8) is 0 Å². The monoisotopic (exact) mass is 210 g/mol. The summed E-state index contributed by atoms with van der Waals surface area (Å²) < 4.78 is 22.3. The first-order valence-electron chi connectivity index (χ1n) is 3.89. The summed E-state index contributed by atoms with van der Waals surface area (Å²) in [6.07, 6.45) is 0.742. The maximum atomic E-state index is 11.4. The van der Waals surface area contributed by atoms with Crippen molar-refractivity contribution in [1.82, 2.24) is 0 Å². The molecular weight excluding hydrogens is 196 g/mol. The van der Waals surface area contributed by atoms with Crippen LogP contribution in [0.1, 0.15) is 20.3 Å².